The quantitative estimate of drug-likeness (QED) is 0.320. The minimum absolute atomic E-state index is 0.193. The molecule has 9 nitrogen and oxygen atoms in total. The summed E-state index contributed by atoms with van der Waals surface area (Å²) < 4.78 is 37.2. The number of amides is 2. The normalized spacial score (nSPS) is 12.4. The first kappa shape index (κ1) is 24.2. The number of anilines is 1. The first-order valence-electron chi connectivity index (χ1n) is 10.2. The molecule has 0 aliphatic carbocycles. The van der Waals surface area contributed by atoms with Gasteiger partial charge < -0.3 is 14.6 Å². The minimum atomic E-state index is -1.51. The van der Waals surface area contributed by atoms with Gasteiger partial charge in [-0.1, -0.05) is 12.1 Å². The highest BCUT2D eigenvalue weighted by Gasteiger charge is 2.40. The molecule has 3 aromatic carbocycles. The number of rotatable bonds is 5. The van der Waals surface area contributed by atoms with Gasteiger partial charge in [-0.25, -0.2) is 18.5 Å². The van der Waals surface area contributed by atoms with Crippen LogP contribution in [0.25, 0.3) is 11.1 Å². The van der Waals surface area contributed by atoms with Crippen molar-refractivity contribution in [3.05, 3.63) is 76.9 Å². The molecule has 1 aliphatic heterocycles. The van der Waals surface area contributed by atoms with Gasteiger partial charge in [0.1, 0.15) is 11.3 Å². The molecule has 1 aliphatic rings. The maximum absolute atomic E-state index is 13.8. The summed E-state index contributed by atoms with van der Waals surface area (Å²) >= 11 is 0. The number of aromatic carboxylic acids is 1. The minimum Gasteiger partial charge on any atom is -0.478 e. The van der Waals surface area contributed by atoms with Crippen LogP contribution in [0, 0.1) is 11.6 Å². The topological polar surface area (TPSA) is 127 Å². The van der Waals surface area contributed by atoms with Crippen LogP contribution in [0.2, 0.25) is 0 Å². The summed E-state index contributed by atoms with van der Waals surface area (Å²) in [6.07, 6.45) is 0. The smallest absolute Gasteiger partial charge is 0.339 e. The Labute approximate surface area is 201 Å². The predicted octanol–water partition coefficient (Wildman–Crippen LogP) is 3.98. The summed E-state index contributed by atoms with van der Waals surface area (Å²) in [6.45, 7) is 2.13. The molecule has 0 spiro atoms. The molecule has 3 aromatic rings. The molecule has 0 unspecified atom stereocenters. The molecule has 4 rings (SSSR count). The molecular formula is C25H15F2NO8. The number of hydrogen-bond donors (Lipinski definition) is 1. The molecule has 0 fully saturated rings. The van der Waals surface area contributed by atoms with Crippen LogP contribution < -0.4 is 14.4 Å². The van der Waals surface area contributed by atoms with Crippen LogP contribution in [0.4, 0.5) is 14.5 Å². The lowest BCUT2D eigenvalue weighted by Gasteiger charge is -2.19. The third-order valence-electron chi connectivity index (χ3n) is 5.18. The molecule has 0 saturated carbocycles. The van der Waals surface area contributed by atoms with E-state index in [1.807, 2.05) is 0 Å². The number of carbonyl (C=O) groups is 5. The van der Waals surface area contributed by atoms with E-state index in [2.05, 4.69) is 0 Å². The Hall–Kier alpha value is -4.93. The highest BCUT2D eigenvalue weighted by atomic mass is 19.2. The number of hydrogen-bond acceptors (Lipinski definition) is 7. The van der Waals surface area contributed by atoms with Crippen LogP contribution in [0.5, 0.6) is 11.5 Å². The number of benzene rings is 3. The van der Waals surface area contributed by atoms with Gasteiger partial charge in [0, 0.05) is 13.8 Å². The molecule has 0 aromatic heterocycles. The maximum atomic E-state index is 13.8. The van der Waals surface area contributed by atoms with Gasteiger partial charge in [0.25, 0.3) is 11.8 Å². The van der Waals surface area contributed by atoms with Crippen molar-refractivity contribution < 1.29 is 47.3 Å². The number of halogens is 2. The van der Waals surface area contributed by atoms with Crippen molar-refractivity contribution in [2.45, 2.75) is 13.8 Å². The summed E-state index contributed by atoms with van der Waals surface area (Å²) in [5.41, 5.74) is -0.824. The van der Waals surface area contributed by atoms with E-state index in [-0.39, 0.29) is 33.7 Å². The average molecular weight is 495 g/mol. The van der Waals surface area contributed by atoms with Crippen molar-refractivity contribution in [2.75, 3.05) is 4.90 Å². The van der Waals surface area contributed by atoms with E-state index in [1.165, 1.54) is 24.3 Å². The van der Waals surface area contributed by atoms with Crippen LogP contribution in [0.3, 0.4) is 0 Å². The average Bonchev–Trinajstić information content (AvgIpc) is 3.04. The second kappa shape index (κ2) is 9.02. The van der Waals surface area contributed by atoms with E-state index >= 15 is 0 Å². The Morgan fingerprint density at radius 2 is 1.31 bits per heavy atom. The van der Waals surface area contributed by atoms with E-state index in [0.717, 1.165) is 38.1 Å². The van der Waals surface area contributed by atoms with Gasteiger partial charge in [-0.3, -0.25) is 19.2 Å². The third kappa shape index (κ3) is 4.29. The lowest BCUT2D eigenvalue weighted by atomic mass is 10.0. The number of ether oxygens (including phenoxy) is 2. The van der Waals surface area contributed by atoms with Crippen LogP contribution >= 0.6 is 0 Å². The Bertz CT molecular complexity index is 1500. The molecule has 1 heterocycles. The fourth-order valence-corrected chi connectivity index (χ4v) is 3.68. The monoisotopic (exact) mass is 495 g/mol. The third-order valence-corrected chi connectivity index (χ3v) is 5.18. The first-order chi connectivity index (χ1) is 17.0. The van der Waals surface area contributed by atoms with E-state index in [1.54, 1.807) is 0 Å². The van der Waals surface area contributed by atoms with Crippen LogP contribution in [0.15, 0.2) is 48.5 Å². The largest absolute Gasteiger partial charge is 0.478 e. The zero-order valence-electron chi connectivity index (χ0n) is 18.6. The predicted molar refractivity (Wildman–Crippen MR) is 119 cm³/mol. The molecular weight excluding hydrogens is 480 g/mol. The number of carboxylic acids is 1. The lowest BCUT2D eigenvalue weighted by molar-refractivity contribution is -0.132. The second-order valence-corrected chi connectivity index (χ2v) is 7.64. The fraction of sp³-hybridized carbons (Fsp3) is 0.0800. The summed E-state index contributed by atoms with van der Waals surface area (Å²) in [5.74, 6) is -7.81. The van der Waals surface area contributed by atoms with E-state index in [9.17, 15) is 37.9 Å². The first-order valence-corrected chi connectivity index (χ1v) is 10.2. The van der Waals surface area contributed by atoms with Gasteiger partial charge in [-0.05, 0) is 47.5 Å². The molecule has 1 N–H and O–H groups in total. The van der Waals surface area contributed by atoms with Crippen molar-refractivity contribution in [3.8, 4) is 22.6 Å². The van der Waals surface area contributed by atoms with Crippen molar-refractivity contribution in [2.24, 2.45) is 0 Å². The molecule has 36 heavy (non-hydrogen) atoms. The molecule has 0 radical (unpaired) electrons. The zero-order valence-corrected chi connectivity index (χ0v) is 18.6. The Balaban J connectivity index is 1.87. The summed E-state index contributed by atoms with van der Waals surface area (Å²) in [5, 5.41) is 9.48. The lowest BCUT2D eigenvalue weighted by Crippen LogP contribution is -2.30. The number of esters is 2. The van der Waals surface area contributed by atoms with Crippen molar-refractivity contribution >= 4 is 35.4 Å². The Morgan fingerprint density at radius 1 is 0.750 bits per heavy atom. The van der Waals surface area contributed by atoms with Crippen molar-refractivity contribution in [1.29, 1.82) is 0 Å². The summed E-state index contributed by atoms with van der Waals surface area (Å²) in [6, 6.07) is 8.89. The second-order valence-electron chi connectivity index (χ2n) is 7.64. The van der Waals surface area contributed by atoms with Gasteiger partial charge in [-0.15, -0.1) is 0 Å². The molecule has 2 amide bonds. The summed E-state index contributed by atoms with van der Waals surface area (Å²) in [4.78, 5) is 61.9. The van der Waals surface area contributed by atoms with Gasteiger partial charge in [0.15, 0.2) is 17.4 Å². The Kier molecular flexibility index (Phi) is 6.07. The van der Waals surface area contributed by atoms with Gasteiger partial charge in [0.05, 0.1) is 16.8 Å². The van der Waals surface area contributed by atoms with Crippen molar-refractivity contribution in [3.63, 3.8) is 0 Å². The molecule has 0 bridgehead atoms. The van der Waals surface area contributed by atoms with Gasteiger partial charge >= 0.3 is 17.9 Å². The van der Waals surface area contributed by atoms with Crippen molar-refractivity contribution in [1.82, 2.24) is 0 Å². The number of carboxylic acid groups (broad SMARTS) is 1. The highest BCUT2D eigenvalue weighted by molar-refractivity contribution is 6.35. The number of nitrogens with zero attached hydrogens (tertiary/aromatic N) is 1. The SMILES string of the molecule is CC(=O)Oc1cc2c(cc1C(=O)O)C(=O)N(c1cc(-c3ccc(F)c(F)c3)ccc1OC(C)=O)C2=O. The summed E-state index contributed by atoms with van der Waals surface area (Å²) in [7, 11) is 0. The van der Waals surface area contributed by atoms with E-state index < -0.39 is 52.7 Å². The zero-order chi connectivity index (χ0) is 26.3. The highest BCUT2D eigenvalue weighted by Crippen LogP contribution is 2.40. The van der Waals surface area contributed by atoms with Gasteiger partial charge in [-0.2, -0.15) is 0 Å². The van der Waals surface area contributed by atoms with E-state index in [4.69, 9.17) is 9.47 Å². The molecule has 0 saturated heterocycles. The maximum Gasteiger partial charge on any atom is 0.339 e. The standard InChI is InChI=1S/C25H15F2NO8/c1-11(29)35-21-6-4-14(13-3-5-18(26)19(27)7-13)8-20(21)28-23(31)15-9-17(25(33)34)22(36-12(2)30)10-16(15)24(28)32/h3-10H,1-2H3,(H,33,34). The van der Waals surface area contributed by atoms with E-state index in [0.29, 0.717) is 4.90 Å². The Morgan fingerprint density at radius 3 is 1.89 bits per heavy atom. The van der Waals surface area contributed by atoms with Crippen LogP contribution in [-0.4, -0.2) is 34.8 Å². The van der Waals surface area contributed by atoms with Crippen LogP contribution in [0.1, 0.15) is 44.9 Å². The van der Waals surface area contributed by atoms with Gasteiger partial charge in [0.2, 0.25) is 0 Å². The fourth-order valence-electron chi connectivity index (χ4n) is 3.68. The molecule has 0 atom stereocenters. The molecule has 182 valence electrons. The number of carbonyl (C=O) groups excluding carboxylic acids is 4. The number of fused-ring (bicyclic) bond motifs is 1. The number of imide groups is 1. The van der Waals surface area contributed by atoms with Crippen LogP contribution in [-0.2, 0) is 9.59 Å². The molecule has 11 heteroatoms.